The standard InChI is InChI=1S/C18H30N2O4/c21-16(22)10-2-1-5-11-19-17(23)14-8-3-4-9-15(14)18(24)20-12-6-7-13-20/h14-15H,1-13H2,(H,19,23)(H,21,22). The topological polar surface area (TPSA) is 86.7 Å². The van der Waals surface area contributed by atoms with Crippen LogP contribution < -0.4 is 5.32 Å². The van der Waals surface area contributed by atoms with Gasteiger partial charge in [0.2, 0.25) is 11.8 Å². The summed E-state index contributed by atoms with van der Waals surface area (Å²) in [6.45, 7) is 2.25. The summed E-state index contributed by atoms with van der Waals surface area (Å²) in [7, 11) is 0. The highest BCUT2D eigenvalue weighted by Gasteiger charge is 2.38. The highest BCUT2D eigenvalue weighted by Crippen LogP contribution is 2.32. The van der Waals surface area contributed by atoms with Gasteiger partial charge in [0, 0.05) is 37.9 Å². The molecule has 0 aromatic carbocycles. The Labute approximate surface area is 144 Å². The van der Waals surface area contributed by atoms with E-state index in [2.05, 4.69) is 5.32 Å². The van der Waals surface area contributed by atoms with Crippen molar-refractivity contribution in [2.45, 2.75) is 64.2 Å². The van der Waals surface area contributed by atoms with Gasteiger partial charge in [0.1, 0.15) is 0 Å². The van der Waals surface area contributed by atoms with E-state index in [9.17, 15) is 14.4 Å². The number of carbonyl (C=O) groups is 3. The highest BCUT2D eigenvalue weighted by atomic mass is 16.4. The van der Waals surface area contributed by atoms with Crippen LogP contribution in [-0.2, 0) is 14.4 Å². The molecule has 1 saturated carbocycles. The summed E-state index contributed by atoms with van der Waals surface area (Å²) in [6, 6.07) is 0. The van der Waals surface area contributed by atoms with Gasteiger partial charge < -0.3 is 15.3 Å². The largest absolute Gasteiger partial charge is 0.481 e. The molecule has 0 radical (unpaired) electrons. The van der Waals surface area contributed by atoms with E-state index in [-0.39, 0.29) is 30.1 Å². The van der Waals surface area contributed by atoms with E-state index in [0.29, 0.717) is 13.0 Å². The van der Waals surface area contributed by atoms with Crippen molar-refractivity contribution in [1.29, 1.82) is 0 Å². The monoisotopic (exact) mass is 338 g/mol. The molecule has 1 heterocycles. The zero-order valence-corrected chi connectivity index (χ0v) is 14.5. The van der Waals surface area contributed by atoms with Crippen molar-refractivity contribution in [3.8, 4) is 0 Å². The molecule has 6 heteroatoms. The average molecular weight is 338 g/mol. The Bertz CT molecular complexity index is 446. The van der Waals surface area contributed by atoms with Crippen LogP contribution in [0.5, 0.6) is 0 Å². The van der Waals surface area contributed by atoms with Crippen LogP contribution in [0, 0.1) is 11.8 Å². The third-order valence-corrected chi connectivity index (χ3v) is 5.20. The van der Waals surface area contributed by atoms with Gasteiger partial charge in [-0.15, -0.1) is 0 Å². The third-order valence-electron chi connectivity index (χ3n) is 5.20. The second-order valence-electron chi connectivity index (χ2n) is 7.03. The van der Waals surface area contributed by atoms with E-state index in [1.165, 1.54) is 0 Å². The number of nitrogens with zero attached hydrogens (tertiary/aromatic N) is 1. The quantitative estimate of drug-likeness (QED) is 0.664. The Morgan fingerprint density at radius 3 is 2.25 bits per heavy atom. The van der Waals surface area contributed by atoms with Crippen molar-refractivity contribution in [1.82, 2.24) is 10.2 Å². The van der Waals surface area contributed by atoms with Crippen LogP contribution in [0.4, 0.5) is 0 Å². The molecule has 2 fully saturated rings. The summed E-state index contributed by atoms with van der Waals surface area (Å²) in [4.78, 5) is 37.6. The first-order valence-corrected chi connectivity index (χ1v) is 9.38. The van der Waals surface area contributed by atoms with Gasteiger partial charge in [-0.1, -0.05) is 19.3 Å². The maximum absolute atomic E-state index is 12.7. The predicted octanol–water partition coefficient (Wildman–Crippen LogP) is 2.18. The van der Waals surface area contributed by atoms with E-state index in [1.807, 2.05) is 4.90 Å². The lowest BCUT2D eigenvalue weighted by Gasteiger charge is -2.32. The Balaban J connectivity index is 1.75. The molecule has 1 saturated heterocycles. The number of carboxylic acids is 1. The number of hydrogen-bond acceptors (Lipinski definition) is 3. The zero-order chi connectivity index (χ0) is 17.4. The number of hydrogen-bond donors (Lipinski definition) is 2. The summed E-state index contributed by atoms with van der Waals surface area (Å²) in [5.41, 5.74) is 0. The van der Waals surface area contributed by atoms with Crippen LogP contribution in [0.3, 0.4) is 0 Å². The van der Waals surface area contributed by atoms with Gasteiger partial charge in [-0.25, -0.2) is 0 Å². The molecule has 0 spiro atoms. The van der Waals surface area contributed by atoms with Gasteiger partial charge in [-0.3, -0.25) is 14.4 Å². The molecule has 136 valence electrons. The van der Waals surface area contributed by atoms with Crippen LogP contribution in [0.2, 0.25) is 0 Å². The molecule has 24 heavy (non-hydrogen) atoms. The second kappa shape index (κ2) is 9.64. The van der Waals surface area contributed by atoms with Crippen molar-refractivity contribution >= 4 is 17.8 Å². The van der Waals surface area contributed by atoms with Gasteiger partial charge in [-0.05, 0) is 38.5 Å². The zero-order valence-electron chi connectivity index (χ0n) is 14.5. The first-order valence-electron chi connectivity index (χ1n) is 9.38. The van der Waals surface area contributed by atoms with Crippen molar-refractivity contribution in [3.63, 3.8) is 0 Å². The van der Waals surface area contributed by atoms with Crippen LogP contribution in [0.25, 0.3) is 0 Å². The molecule has 2 N–H and O–H groups in total. The van der Waals surface area contributed by atoms with Crippen LogP contribution >= 0.6 is 0 Å². The van der Waals surface area contributed by atoms with Gasteiger partial charge in [-0.2, -0.15) is 0 Å². The van der Waals surface area contributed by atoms with Crippen LogP contribution in [-0.4, -0.2) is 47.4 Å². The van der Waals surface area contributed by atoms with Crippen LogP contribution in [0.1, 0.15) is 64.2 Å². The minimum absolute atomic E-state index is 0.00508. The minimum atomic E-state index is -0.774. The van der Waals surface area contributed by atoms with Gasteiger partial charge in [0.15, 0.2) is 0 Å². The maximum Gasteiger partial charge on any atom is 0.303 e. The summed E-state index contributed by atoms with van der Waals surface area (Å²) in [5, 5.41) is 11.6. The first kappa shape index (κ1) is 18.7. The summed E-state index contributed by atoms with van der Waals surface area (Å²) in [5.74, 6) is -0.932. The number of unbranched alkanes of at least 4 members (excludes halogenated alkanes) is 2. The number of rotatable bonds is 8. The number of likely N-dealkylation sites (tertiary alicyclic amines) is 1. The average Bonchev–Trinajstić information content (AvgIpc) is 3.11. The third kappa shape index (κ3) is 5.49. The van der Waals surface area contributed by atoms with E-state index in [0.717, 1.165) is 64.5 Å². The molecule has 0 aromatic heterocycles. The number of carbonyl (C=O) groups excluding carboxylic acids is 2. The van der Waals surface area contributed by atoms with Gasteiger partial charge in [0.05, 0.1) is 0 Å². The molecule has 2 rings (SSSR count). The summed E-state index contributed by atoms with van der Waals surface area (Å²) < 4.78 is 0. The fraction of sp³-hybridized carbons (Fsp3) is 0.833. The normalized spacial score (nSPS) is 23.9. The van der Waals surface area contributed by atoms with E-state index in [4.69, 9.17) is 5.11 Å². The Kier molecular flexibility index (Phi) is 7.53. The van der Waals surface area contributed by atoms with E-state index >= 15 is 0 Å². The molecule has 6 nitrogen and oxygen atoms in total. The molecule has 1 aliphatic heterocycles. The Morgan fingerprint density at radius 1 is 0.917 bits per heavy atom. The van der Waals surface area contributed by atoms with Gasteiger partial charge >= 0.3 is 5.97 Å². The second-order valence-corrected chi connectivity index (χ2v) is 7.03. The van der Waals surface area contributed by atoms with Crippen molar-refractivity contribution in [2.75, 3.05) is 19.6 Å². The van der Waals surface area contributed by atoms with Crippen molar-refractivity contribution in [3.05, 3.63) is 0 Å². The summed E-state index contributed by atoms with van der Waals surface area (Å²) in [6.07, 6.45) is 8.24. The first-order chi connectivity index (χ1) is 11.6. The highest BCUT2D eigenvalue weighted by molar-refractivity contribution is 5.88. The number of aliphatic carboxylic acids is 1. The molecule has 2 amide bonds. The Morgan fingerprint density at radius 2 is 1.58 bits per heavy atom. The predicted molar refractivity (Wildman–Crippen MR) is 90.4 cm³/mol. The smallest absolute Gasteiger partial charge is 0.303 e. The number of carboxylic acid groups (broad SMARTS) is 1. The molecule has 0 bridgehead atoms. The molecule has 1 aliphatic carbocycles. The lowest BCUT2D eigenvalue weighted by Crippen LogP contribution is -2.44. The Hall–Kier alpha value is -1.59. The molecular formula is C18H30N2O4. The SMILES string of the molecule is O=C(O)CCCCCNC(=O)C1CCCCC1C(=O)N1CCCC1. The molecule has 0 aromatic rings. The molecular weight excluding hydrogens is 308 g/mol. The van der Waals surface area contributed by atoms with Gasteiger partial charge in [0.25, 0.3) is 0 Å². The van der Waals surface area contributed by atoms with Crippen molar-refractivity contribution in [2.24, 2.45) is 11.8 Å². The molecule has 2 unspecified atom stereocenters. The summed E-state index contributed by atoms with van der Waals surface area (Å²) >= 11 is 0. The fourth-order valence-corrected chi connectivity index (χ4v) is 3.83. The van der Waals surface area contributed by atoms with Crippen molar-refractivity contribution < 1.29 is 19.5 Å². The minimum Gasteiger partial charge on any atom is -0.481 e. The number of nitrogens with one attached hydrogen (secondary N) is 1. The lowest BCUT2D eigenvalue weighted by atomic mass is 9.78. The fourth-order valence-electron chi connectivity index (χ4n) is 3.83. The molecule has 2 aliphatic rings. The molecule has 2 atom stereocenters. The number of amides is 2. The lowest BCUT2D eigenvalue weighted by molar-refractivity contribution is -0.142. The van der Waals surface area contributed by atoms with Crippen LogP contribution in [0.15, 0.2) is 0 Å². The maximum atomic E-state index is 12.7. The van der Waals surface area contributed by atoms with E-state index < -0.39 is 5.97 Å². The van der Waals surface area contributed by atoms with E-state index in [1.54, 1.807) is 0 Å².